The van der Waals surface area contributed by atoms with Gasteiger partial charge in [-0.3, -0.25) is 4.98 Å². The zero-order valence-corrected chi connectivity index (χ0v) is 12.0. The lowest BCUT2D eigenvalue weighted by molar-refractivity contribution is 0.667. The first-order valence-electron chi connectivity index (χ1n) is 7.06. The van der Waals surface area contributed by atoms with Crippen molar-refractivity contribution >= 4 is 21.9 Å². The van der Waals surface area contributed by atoms with Gasteiger partial charge in [-0.2, -0.15) is 5.26 Å². The van der Waals surface area contributed by atoms with Crippen LogP contribution in [0.25, 0.3) is 33.2 Å². The number of rotatable bonds is 1. The van der Waals surface area contributed by atoms with Gasteiger partial charge in [0.1, 0.15) is 11.7 Å². The molecular weight excluding hydrogens is 272 g/mol. The van der Waals surface area contributed by atoms with Gasteiger partial charge < -0.3 is 4.42 Å². The molecule has 0 unspecified atom stereocenters. The lowest BCUT2D eigenvalue weighted by atomic mass is 9.98. The Labute approximate surface area is 127 Å². The van der Waals surface area contributed by atoms with Gasteiger partial charge in [0.25, 0.3) is 0 Å². The van der Waals surface area contributed by atoms with Crippen molar-refractivity contribution in [3.05, 3.63) is 65.9 Å². The summed E-state index contributed by atoms with van der Waals surface area (Å²) in [5, 5.41) is 11.4. The highest BCUT2D eigenvalue weighted by atomic mass is 16.3. The molecule has 0 aliphatic rings. The van der Waals surface area contributed by atoms with E-state index in [4.69, 9.17) is 4.42 Å². The SMILES string of the molecule is Cc1cccc2oc3c(C#N)ccc(-c4ccccn4)c3c12. The van der Waals surface area contributed by atoms with Crippen LogP contribution in [0.5, 0.6) is 0 Å². The maximum atomic E-state index is 9.37. The van der Waals surface area contributed by atoms with Gasteiger partial charge in [-0.05, 0) is 36.8 Å². The highest BCUT2D eigenvalue weighted by molar-refractivity contribution is 6.14. The molecule has 0 spiro atoms. The van der Waals surface area contributed by atoms with Gasteiger partial charge >= 0.3 is 0 Å². The van der Waals surface area contributed by atoms with E-state index in [9.17, 15) is 5.26 Å². The van der Waals surface area contributed by atoms with Crippen molar-refractivity contribution in [3.63, 3.8) is 0 Å². The van der Waals surface area contributed by atoms with Crippen LogP contribution < -0.4 is 0 Å². The molecule has 3 heteroatoms. The van der Waals surface area contributed by atoms with Gasteiger partial charge in [-0.1, -0.05) is 24.3 Å². The number of furan rings is 1. The smallest absolute Gasteiger partial charge is 0.153 e. The molecule has 0 saturated carbocycles. The number of benzene rings is 2. The van der Waals surface area contributed by atoms with Crippen molar-refractivity contribution in [2.24, 2.45) is 0 Å². The molecule has 0 aliphatic heterocycles. The molecule has 2 aromatic carbocycles. The molecule has 0 saturated heterocycles. The molecular formula is C19H12N2O. The zero-order valence-electron chi connectivity index (χ0n) is 12.0. The fourth-order valence-electron chi connectivity index (χ4n) is 2.92. The van der Waals surface area contributed by atoms with Crippen LogP contribution in [0.3, 0.4) is 0 Å². The third kappa shape index (κ3) is 1.71. The number of aromatic nitrogens is 1. The average molecular weight is 284 g/mol. The maximum absolute atomic E-state index is 9.37. The minimum Gasteiger partial charge on any atom is -0.455 e. The van der Waals surface area contributed by atoms with E-state index in [1.807, 2.05) is 36.4 Å². The minimum absolute atomic E-state index is 0.547. The summed E-state index contributed by atoms with van der Waals surface area (Å²) >= 11 is 0. The van der Waals surface area contributed by atoms with E-state index in [0.717, 1.165) is 33.2 Å². The zero-order chi connectivity index (χ0) is 15.1. The summed E-state index contributed by atoms with van der Waals surface area (Å²) in [7, 11) is 0. The first-order chi connectivity index (χ1) is 10.8. The van der Waals surface area contributed by atoms with E-state index < -0.39 is 0 Å². The van der Waals surface area contributed by atoms with Crippen molar-refractivity contribution in [3.8, 4) is 17.3 Å². The van der Waals surface area contributed by atoms with Crippen LogP contribution in [0.15, 0.2) is 59.1 Å². The number of hydrogen-bond donors (Lipinski definition) is 0. The Morgan fingerprint density at radius 3 is 2.68 bits per heavy atom. The number of pyridine rings is 1. The molecule has 4 rings (SSSR count). The first kappa shape index (κ1) is 12.6. The Morgan fingerprint density at radius 2 is 1.91 bits per heavy atom. The van der Waals surface area contributed by atoms with E-state index in [-0.39, 0.29) is 0 Å². The van der Waals surface area contributed by atoms with Crippen LogP contribution in [0, 0.1) is 18.3 Å². The highest BCUT2D eigenvalue weighted by Crippen LogP contribution is 2.38. The largest absolute Gasteiger partial charge is 0.455 e. The monoisotopic (exact) mass is 284 g/mol. The molecule has 2 heterocycles. The number of fused-ring (bicyclic) bond motifs is 3. The Balaban J connectivity index is 2.24. The Morgan fingerprint density at radius 1 is 1.00 bits per heavy atom. The first-order valence-corrected chi connectivity index (χ1v) is 7.06. The van der Waals surface area contributed by atoms with E-state index in [2.05, 4.69) is 24.0 Å². The lowest BCUT2D eigenvalue weighted by Crippen LogP contribution is -1.86. The van der Waals surface area contributed by atoms with Crippen LogP contribution in [0.4, 0.5) is 0 Å². The van der Waals surface area contributed by atoms with Crippen molar-refractivity contribution in [2.75, 3.05) is 0 Å². The highest BCUT2D eigenvalue weighted by Gasteiger charge is 2.17. The van der Waals surface area contributed by atoms with Gasteiger partial charge in [0.15, 0.2) is 5.58 Å². The molecule has 0 N–H and O–H groups in total. The molecule has 104 valence electrons. The second kappa shape index (κ2) is 4.71. The summed E-state index contributed by atoms with van der Waals surface area (Å²) < 4.78 is 5.97. The maximum Gasteiger partial charge on any atom is 0.153 e. The topological polar surface area (TPSA) is 49.8 Å². The molecule has 3 nitrogen and oxygen atoms in total. The van der Waals surface area contributed by atoms with Gasteiger partial charge in [0.05, 0.1) is 11.3 Å². The molecule has 22 heavy (non-hydrogen) atoms. The summed E-state index contributed by atoms with van der Waals surface area (Å²) in [6.07, 6.45) is 1.77. The number of nitriles is 1. The second-order valence-electron chi connectivity index (χ2n) is 5.24. The van der Waals surface area contributed by atoms with E-state index in [1.165, 1.54) is 0 Å². The van der Waals surface area contributed by atoms with Crippen LogP contribution in [-0.4, -0.2) is 4.98 Å². The predicted molar refractivity (Wildman–Crippen MR) is 86.4 cm³/mol. The van der Waals surface area contributed by atoms with Gasteiger partial charge in [0.2, 0.25) is 0 Å². The van der Waals surface area contributed by atoms with Gasteiger partial charge in [0, 0.05) is 22.5 Å². The Bertz CT molecular complexity index is 1040. The fourth-order valence-corrected chi connectivity index (χ4v) is 2.92. The van der Waals surface area contributed by atoms with Crippen molar-refractivity contribution in [1.29, 1.82) is 5.26 Å². The molecule has 0 bridgehead atoms. The molecule has 0 atom stereocenters. The summed E-state index contributed by atoms with van der Waals surface area (Å²) in [6, 6.07) is 17.7. The van der Waals surface area contributed by atoms with Gasteiger partial charge in [-0.25, -0.2) is 0 Å². The van der Waals surface area contributed by atoms with Crippen LogP contribution in [-0.2, 0) is 0 Å². The molecule has 0 aliphatic carbocycles. The van der Waals surface area contributed by atoms with Crippen LogP contribution in [0.2, 0.25) is 0 Å². The third-order valence-electron chi connectivity index (χ3n) is 3.92. The second-order valence-corrected chi connectivity index (χ2v) is 5.24. The van der Waals surface area contributed by atoms with Gasteiger partial charge in [-0.15, -0.1) is 0 Å². The molecule has 4 aromatic rings. The molecule has 0 fully saturated rings. The standard InChI is InChI=1S/C19H12N2O/c1-12-5-4-7-16-17(12)18-14(15-6-2-3-10-21-15)9-8-13(11-20)19(18)22-16/h2-10H,1H3. The number of aryl methyl sites for hydroxylation is 1. The Hall–Kier alpha value is -3.12. The van der Waals surface area contributed by atoms with Crippen molar-refractivity contribution in [2.45, 2.75) is 6.92 Å². The fraction of sp³-hybridized carbons (Fsp3) is 0.0526. The summed E-state index contributed by atoms with van der Waals surface area (Å²) in [6.45, 7) is 2.05. The van der Waals surface area contributed by atoms with E-state index >= 15 is 0 Å². The van der Waals surface area contributed by atoms with E-state index in [0.29, 0.717) is 11.1 Å². The predicted octanol–water partition coefficient (Wildman–Crippen LogP) is 4.83. The molecule has 0 amide bonds. The summed E-state index contributed by atoms with van der Waals surface area (Å²) in [5.41, 5.74) is 4.98. The lowest BCUT2D eigenvalue weighted by Gasteiger charge is -2.04. The molecule has 0 radical (unpaired) electrons. The molecule has 2 aromatic heterocycles. The number of hydrogen-bond acceptors (Lipinski definition) is 3. The average Bonchev–Trinajstić information content (AvgIpc) is 2.95. The normalized spacial score (nSPS) is 10.9. The Kier molecular flexibility index (Phi) is 2.70. The van der Waals surface area contributed by atoms with E-state index in [1.54, 1.807) is 12.3 Å². The van der Waals surface area contributed by atoms with Crippen LogP contribution in [0.1, 0.15) is 11.1 Å². The minimum atomic E-state index is 0.547. The number of nitrogens with zero attached hydrogens (tertiary/aromatic N) is 2. The van der Waals surface area contributed by atoms with Crippen molar-refractivity contribution in [1.82, 2.24) is 4.98 Å². The van der Waals surface area contributed by atoms with Crippen LogP contribution >= 0.6 is 0 Å². The third-order valence-corrected chi connectivity index (χ3v) is 3.92. The van der Waals surface area contributed by atoms with Crippen molar-refractivity contribution < 1.29 is 4.42 Å². The summed E-state index contributed by atoms with van der Waals surface area (Å²) in [4.78, 5) is 4.45. The summed E-state index contributed by atoms with van der Waals surface area (Å²) in [5.74, 6) is 0. The quantitative estimate of drug-likeness (QED) is 0.503.